The van der Waals surface area contributed by atoms with Gasteiger partial charge in [0.15, 0.2) is 0 Å². The van der Waals surface area contributed by atoms with Crippen molar-refractivity contribution in [1.82, 2.24) is 0 Å². The van der Waals surface area contributed by atoms with Crippen molar-refractivity contribution in [2.75, 3.05) is 6.61 Å². The minimum atomic E-state index is -0.287. The van der Waals surface area contributed by atoms with Crippen molar-refractivity contribution >= 4 is 27.4 Å². The molecule has 2 aromatic rings. The largest absolute Gasteiger partial charge is 0.466 e. The normalized spacial score (nSPS) is 12.6. The first-order chi connectivity index (χ1) is 8.22. The fourth-order valence-electron chi connectivity index (χ4n) is 1.79. The van der Waals surface area contributed by atoms with E-state index in [1.165, 1.54) is 4.70 Å². The van der Waals surface area contributed by atoms with Crippen LogP contribution in [0.3, 0.4) is 0 Å². The third-order valence-electron chi connectivity index (χ3n) is 2.60. The molecule has 0 spiro atoms. The molecule has 4 heteroatoms. The summed E-state index contributed by atoms with van der Waals surface area (Å²) in [6, 6.07) is 7.78. The van der Waals surface area contributed by atoms with Crippen LogP contribution in [0.2, 0.25) is 0 Å². The van der Waals surface area contributed by atoms with Crippen LogP contribution in [0.15, 0.2) is 29.6 Å². The Morgan fingerprint density at radius 3 is 3.00 bits per heavy atom. The van der Waals surface area contributed by atoms with Crippen molar-refractivity contribution in [3.8, 4) is 0 Å². The monoisotopic (exact) mass is 249 g/mol. The lowest BCUT2D eigenvalue weighted by atomic mass is 10.0. The minimum absolute atomic E-state index is 0.231. The van der Waals surface area contributed by atoms with Gasteiger partial charge in [-0.1, -0.05) is 18.2 Å². The smallest absolute Gasteiger partial charge is 0.307 e. The van der Waals surface area contributed by atoms with E-state index in [2.05, 4.69) is 6.07 Å². The average Bonchev–Trinajstić information content (AvgIpc) is 2.72. The molecule has 1 atom stereocenters. The summed E-state index contributed by atoms with van der Waals surface area (Å²) in [5.74, 6) is -0.240. The van der Waals surface area contributed by atoms with E-state index in [4.69, 9.17) is 10.5 Å². The summed E-state index contributed by atoms with van der Waals surface area (Å²) >= 11 is 1.65. The maximum absolute atomic E-state index is 11.4. The van der Waals surface area contributed by atoms with E-state index in [9.17, 15) is 4.79 Å². The van der Waals surface area contributed by atoms with E-state index < -0.39 is 0 Å². The lowest BCUT2D eigenvalue weighted by molar-refractivity contribution is -0.143. The molecular formula is C13H15NO2S. The highest BCUT2D eigenvalue weighted by atomic mass is 32.1. The van der Waals surface area contributed by atoms with Crippen LogP contribution in [0.25, 0.3) is 10.1 Å². The lowest BCUT2D eigenvalue weighted by Crippen LogP contribution is -2.16. The van der Waals surface area contributed by atoms with E-state index >= 15 is 0 Å². The first-order valence-electron chi connectivity index (χ1n) is 5.59. The molecule has 0 fully saturated rings. The molecule has 3 nitrogen and oxygen atoms in total. The van der Waals surface area contributed by atoms with Gasteiger partial charge in [-0.15, -0.1) is 11.3 Å². The van der Waals surface area contributed by atoms with Gasteiger partial charge in [0.1, 0.15) is 0 Å². The van der Waals surface area contributed by atoms with Crippen LogP contribution in [0.4, 0.5) is 0 Å². The second-order valence-corrected chi connectivity index (χ2v) is 4.71. The van der Waals surface area contributed by atoms with Gasteiger partial charge < -0.3 is 10.5 Å². The molecule has 2 rings (SSSR count). The zero-order valence-electron chi connectivity index (χ0n) is 9.68. The molecule has 1 heterocycles. The number of rotatable bonds is 4. The number of hydrogen-bond donors (Lipinski definition) is 1. The Morgan fingerprint density at radius 2 is 2.24 bits per heavy atom. The predicted octanol–water partition coefficient (Wildman–Crippen LogP) is 2.85. The number of esters is 1. The summed E-state index contributed by atoms with van der Waals surface area (Å²) in [6.07, 6.45) is 0.231. The molecule has 1 aromatic carbocycles. The number of carbonyl (C=O) groups is 1. The number of fused-ring (bicyclic) bond motifs is 1. The van der Waals surface area contributed by atoms with Crippen LogP contribution in [-0.4, -0.2) is 12.6 Å². The quantitative estimate of drug-likeness (QED) is 0.848. The molecule has 0 radical (unpaired) electrons. The van der Waals surface area contributed by atoms with Gasteiger partial charge in [0.2, 0.25) is 0 Å². The molecule has 1 unspecified atom stereocenters. The molecule has 0 aliphatic carbocycles. The molecule has 17 heavy (non-hydrogen) atoms. The lowest BCUT2D eigenvalue weighted by Gasteiger charge is -2.10. The van der Waals surface area contributed by atoms with Gasteiger partial charge in [-0.3, -0.25) is 4.79 Å². The van der Waals surface area contributed by atoms with Crippen LogP contribution in [0.1, 0.15) is 24.9 Å². The van der Waals surface area contributed by atoms with Crippen molar-refractivity contribution in [3.63, 3.8) is 0 Å². The van der Waals surface area contributed by atoms with Crippen LogP contribution < -0.4 is 5.73 Å². The number of hydrogen-bond acceptors (Lipinski definition) is 4. The van der Waals surface area contributed by atoms with Crippen LogP contribution in [0, 0.1) is 0 Å². The third-order valence-corrected chi connectivity index (χ3v) is 3.58. The molecule has 1 aromatic heterocycles. The standard InChI is InChI=1S/C13H15NO2S/c1-2-16-13(15)7-11(14)10-8-17-12-6-4-3-5-9(10)12/h3-6,8,11H,2,7,14H2,1H3. The van der Waals surface area contributed by atoms with Crippen molar-refractivity contribution in [3.05, 3.63) is 35.2 Å². The summed E-state index contributed by atoms with van der Waals surface area (Å²) in [4.78, 5) is 11.4. The van der Waals surface area contributed by atoms with Crippen molar-refractivity contribution in [2.45, 2.75) is 19.4 Å². The molecule has 0 amide bonds. The van der Waals surface area contributed by atoms with E-state index in [-0.39, 0.29) is 18.4 Å². The minimum Gasteiger partial charge on any atom is -0.466 e. The molecule has 90 valence electrons. The maximum Gasteiger partial charge on any atom is 0.307 e. The van der Waals surface area contributed by atoms with Crippen LogP contribution in [-0.2, 0) is 9.53 Å². The average molecular weight is 249 g/mol. The first-order valence-corrected chi connectivity index (χ1v) is 6.47. The summed E-state index contributed by atoms with van der Waals surface area (Å²) in [7, 11) is 0. The van der Waals surface area contributed by atoms with Gasteiger partial charge in [0, 0.05) is 10.7 Å². The van der Waals surface area contributed by atoms with Crippen LogP contribution >= 0.6 is 11.3 Å². The number of nitrogens with two attached hydrogens (primary N) is 1. The summed E-state index contributed by atoms with van der Waals surface area (Å²) in [6.45, 7) is 2.19. The van der Waals surface area contributed by atoms with Gasteiger partial charge in [-0.25, -0.2) is 0 Å². The Hall–Kier alpha value is -1.39. The highest BCUT2D eigenvalue weighted by Crippen LogP contribution is 2.30. The van der Waals surface area contributed by atoms with E-state index in [1.807, 2.05) is 23.6 Å². The maximum atomic E-state index is 11.4. The molecule has 2 N–H and O–H groups in total. The van der Waals surface area contributed by atoms with Gasteiger partial charge in [-0.05, 0) is 29.3 Å². The Labute approximate surface area is 104 Å². The number of benzene rings is 1. The fraction of sp³-hybridized carbons (Fsp3) is 0.308. The summed E-state index contributed by atoms with van der Waals surface area (Å²) < 4.78 is 6.10. The van der Waals surface area contributed by atoms with Crippen molar-refractivity contribution < 1.29 is 9.53 Å². The number of carbonyl (C=O) groups excluding carboxylic acids is 1. The highest BCUT2D eigenvalue weighted by molar-refractivity contribution is 7.17. The van der Waals surface area contributed by atoms with Crippen molar-refractivity contribution in [2.24, 2.45) is 5.73 Å². The zero-order chi connectivity index (χ0) is 12.3. The van der Waals surface area contributed by atoms with Gasteiger partial charge in [-0.2, -0.15) is 0 Å². The molecule has 0 aliphatic rings. The highest BCUT2D eigenvalue weighted by Gasteiger charge is 2.15. The second-order valence-electron chi connectivity index (χ2n) is 3.80. The topological polar surface area (TPSA) is 52.3 Å². The molecule has 0 saturated carbocycles. The predicted molar refractivity (Wildman–Crippen MR) is 70.0 cm³/mol. The summed E-state index contributed by atoms with van der Waals surface area (Å²) in [5, 5.41) is 3.16. The van der Waals surface area contributed by atoms with Crippen molar-refractivity contribution in [1.29, 1.82) is 0 Å². The zero-order valence-corrected chi connectivity index (χ0v) is 10.5. The van der Waals surface area contributed by atoms with E-state index in [1.54, 1.807) is 18.3 Å². The Morgan fingerprint density at radius 1 is 1.47 bits per heavy atom. The molecular weight excluding hydrogens is 234 g/mol. The Balaban J connectivity index is 2.19. The first kappa shape index (κ1) is 12.1. The molecule has 0 bridgehead atoms. The van der Waals surface area contributed by atoms with Gasteiger partial charge in [0.05, 0.1) is 13.0 Å². The third kappa shape index (κ3) is 2.65. The Bertz CT molecular complexity index is 521. The fourth-order valence-corrected chi connectivity index (χ4v) is 2.82. The van der Waals surface area contributed by atoms with E-state index in [0.717, 1.165) is 10.9 Å². The van der Waals surface area contributed by atoms with Gasteiger partial charge in [0.25, 0.3) is 0 Å². The molecule has 0 aliphatic heterocycles. The Kier molecular flexibility index (Phi) is 3.76. The summed E-state index contributed by atoms with van der Waals surface area (Å²) in [5.41, 5.74) is 7.07. The SMILES string of the molecule is CCOC(=O)CC(N)c1csc2ccccc12. The number of thiophene rings is 1. The molecule has 0 saturated heterocycles. The van der Waals surface area contributed by atoms with Gasteiger partial charge >= 0.3 is 5.97 Å². The second kappa shape index (κ2) is 5.29. The number of ether oxygens (including phenoxy) is 1. The van der Waals surface area contributed by atoms with E-state index in [0.29, 0.717) is 6.61 Å². The van der Waals surface area contributed by atoms with Crippen LogP contribution in [0.5, 0.6) is 0 Å².